The van der Waals surface area contributed by atoms with E-state index in [0.717, 1.165) is 12.3 Å². The zero-order chi connectivity index (χ0) is 11.5. The van der Waals surface area contributed by atoms with E-state index in [1.807, 2.05) is 0 Å². The summed E-state index contributed by atoms with van der Waals surface area (Å²) in [5.74, 6) is -0.391. The van der Waals surface area contributed by atoms with Gasteiger partial charge < -0.3 is 10.5 Å². The smallest absolute Gasteiger partial charge is 0.428 e. The number of nitrogens with zero attached hydrogens (tertiary/aromatic N) is 1. The number of aromatic nitrogens is 1. The van der Waals surface area contributed by atoms with Crippen LogP contribution in [0.15, 0.2) is 18.5 Å². The molecule has 0 unspecified atom stereocenters. The third kappa shape index (κ3) is 2.79. The van der Waals surface area contributed by atoms with Crippen LogP contribution in [-0.2, 0) is 6.54 Å². The first kappa shape index (κ1) is 11.7. The molecule has 1 aromatic rings. The Morgan fingerprint density at radius 3 is 2.67 bits per heavy atom. The van der Waals surface area contributed by atoms with Gasteiger partial charge in [0.1, 0.15) is 5.75 Å². The van der Waals surface area contributed by atoms with Crippen LogP contribution in [0.25, 0.3) is 0 Å². The molecule has 1 heterocycles. The normalized spacial score (nSPS) is 11.9. The minimum absolute atomic E-state index is 0.123. The Morgan fingerprint density at radius 1 is 1.47 bits per heavy atom. The van der Waals surface area contributed by atoms with Gasteiger partial charge in [-0.1, -0.05) is 0 Å². The number of hydrogen-bond donors (Lipinski definition) is 1. The van der Waals surface area contributed by atoms with Crippen molar-refractivity contribution < 1.29 is 22.3 Å². The highest BCUT2D eigenvalue weighted by atomic mass is 19.3. The molecule has 0 amide bonds. The summed E-state index contributed by atoms with van der Waals surface area (Å²) >= 11 is 0. The van der Waals surface area contributed by atoms with Crippen molar-refractivity contribution in [2.24, 2.45) is 5.73 Å². The minimum Gasteiger partial charge on any atom is -0.428 e. The molecule has 0 aromatic carbocycles. The lowest BCUT2D eigenvalue weighted by Gasteiger charge is -2.18. The fraction of sp³-hybridized carbons (Fsp3) is 0.375. The molecule has 15 heavy (non-hydrogen) atoms. The number of pyridine rings is 1. The molecule has 0 aliphatic rings. The minimum atomic E-state index is -4.52. The van der Waals surface area contributed by atoms with Crippen molar-refractivity contribution in [3.63, 3.8) is 0 Å². The Labute approximate surface area is 82.9 Å². The second kappa shape index (κ2) is 4.43. The van der Waals surface area contributed by atoms with E-state index in [0.29, 0.717) is 0 Å². The molecule has 84 valence electrons. The topological polar surface area (TPSA) is 48.1 Å². The lowest BCUT2D eigenvalue weighted by molar-refractivity contribution is -0.253. The monoisotopic (exact) mass is 224 g/mol. The van der Waals surface area contributed by atoms with Crippen LogP contribution < -0.4 is 10.5 Å². The summed E-state index contributed by atoms with van der Waals surface area (Å²) in [4.78, 5) is 3.60. The van der Waals surface area contributed by atoms with Gasteiger partial charge in [-0.3, -0.25) is 4.98 Å². The fourth-order valence-corrected chi connectivity index (χ4v) is 0.858. The summed E-state index contributed by atoms with van der Waals surface area (Å²) in [6.45, 7) is -0.123. The molecule has 0 saturated carbocycles. The van der Waals surface area contributed by atoms with E-state index in [4.69, 9.17) is 5.73 Å². The van der Waals surface area contributed by atoms with Crippen molar-refractivity contribution in [1.82, 2.24) is 4.98 Å². The van der Waals surface area contributed by atoms with Gasteiger partial charge in [-0.25, -0.2) is 0 Å². The Balaban J connectivity index is 2.89. The quantitative estimate of drug-likeness (QED) is 0.793. The zero-order valence-corrected chi connectivity index (χ0v) is 7.46. The van der Waals surface area contributed by atoms with Crippen LogP contribution >= 0.6 is 0 Å². The fourth-order valence-electron chi connectivity index (χ4n) is 0.858. The molecule has 0 aliphatic heterocycles. The number of nitrogens with two attached hydrogens (primary N) is 1. The lowest BCUT2D eigenvalue weighted by Crippen LogP contribution is -2.33. The second-order valence-corrected chi connectivity index (χ2v) is 2.65. The summed E-state index contributed by atoms with van der Waals surface area (Å²) in [6, 6.07) is 1.05. The predicted octanol–water partition coefficient (Wildman–Crippen LogP) is 1.78. The van der Waals surface area contributed by atoms with E-state index >= 15 is 0 Å². The largest absolute Gasteiger partial charge is 0.461 e. The average Bonchev–Trinajstić information content (AvgIpc) is 2.18. The maximum Gasteiger partial charge on any atom is 0.461 e. The summed E-state index contributed by atoms with van der Waals surface area (Å²) in [5.41, 5.74) is 5.33. The SMILES string of the molecule is NCc1cnccc1OC(F)(F)C(F)F. The van der Waals surface area contributed by atoms with Gasteiger partial charge in [-0.2, -0.15) is 17.6 Å². The first-order chi connectivity index (χ1) is 6.97. The molecule has 0 bridgehead atoms. The summed E-state index contributed by atoms with van der Waals surface area (Å²) in [7, 11) is 0. The van der Waals surface area contributed by atoms with Crippen LogP contribution in [0.3, 0.4) is 0 Å². The average molecular weight is 224 g/mol. The summed E-state index contributed by atoms with van der Waals surface area (Å²) in [5, 5.41) is 0. The first-order valence-corrected chi connectivity index (χ1v) is 3.95. The van der Waals surface area contributed by atoms with Crippen LogP contribution in [0, 0.1) is 0 Å². The van der Waals surface area contributed by atoms with Gasteiger partial charge in [0, 0.05) is 24.5 Å². The van der Waals surface area contributed by atoms with Gasteiger partial charge in [-0.15, -0.1) is 0 Å². The van der Waals surface area contributed by atoms with Crippen molar-refractivity contribution in [2.45, 2.75) is 19.1 Å². The van der Waals surface area contributed by atoms with Gasteiger partial charge in [0.25, 0.3) is 0 Å². The third-order valence-electron chi connectivity index (χ3n) is 1.58. The highest BCUT2D eigenvalue weighted by Gasteiger charge is 2.44. The first-order valence-electron chi connectivity index (χ1n) is 3.95. The molecule has 0 fully saturated rings. The number of alkyl halides is 4. The van der Waals surface area contributed by atoms with E-state index in [1.54, 1.807) is 0 Å². The second-order valence-electron chi connectivity index (χ2n) is 2.65. The van der Waals surface area contributed by atoms with Crippen molar-refractivity contribution >= 4 is 0 Å². The van der Waals surface area contributed by atoms with E-state index in [9.17, 15) is 17.6 Å². The Hall–Kier alpha value is -1.37. The van der Waals surface area contributed by atoms with Crippen LogP contribution in [0.5, 0.6) is 5.75 Å². The third-order valence-corrected chi connectivity index (χ3v) is 1.58. The van der Waals surface area contributed by atoms with Gasteiger partial charge in [-0.05, 0) is 6.07 Å². The predicted molar refractivity (Wildman–Crippen MR) is 43.7 cm³/mol. The molecule has 1 rings (SSSR count). The van der Waals surface area contributed by atoms with Crippen molar-refractivity contribution in [1.29, 1.82) is 0 Å². The van der Waals surface area contributed by atoms with E-state index in [1.165, 1.54) is 6.20 Å². The van der Waals surface area contributed by atoms with Gasteiger partial charge in [0.05, 0.1) is 0 Å². The highest BCUT2D eigenvalue weighted by Crippen LogP contribution is 2.28. The highest BCUT2D eigenvalue weighted by molar-refractivity contribution is 5.30. The molecule has 0 aliphatic carbocycles. The Kier molecular flexibility index (Phi) is 3.46. The Bertz CT molecular complexity index is 332. The number of halogens is 4. The van der Waals surface area contributed by atoms with Gasteiger partial charge in [0.2, 0.25) is 0 Å². The molecule has 0 spiro atoms. The van der Waals surface area contributed by atoms with Crippen molar-refractivity contribution in [3.8, 4) is 5.75 Å². The maximum atomic E-state index is 12.5. The van der Waals surface area contributed by atoms with Crippen molar-refractivity contribution in [2.75, 3.05) is 0 Å². The van der Waals surface area contributed by atoms with Crippen LogP contribution in [-0.4, -0.2) is 17.5 Å². The molecule has 0 saturated heterocycles. The van der Waals surface area contributed by atoms with Crippen LogP contribution in [0.2, 0.25) is 0 Å². The molecule has 7 heteroatoms. The van der Waals surface area contributed by atoms with Crippen molar-refractivity contribution in [3.05, 3.63) is 24.0 Å². The number of ether oxygens (including phenoxy) is 1. The molecule has 2 N–H and O–H groups in total. The zero-order valence-electron chi connectivity index (χ0n) is 7.46. The Morgan fingerprint density at radius 2 is 2.13 bits per heavy atom. The van der Waals surface area contributed by atoms with E-state index < -0.39 is 18.3 Å². The lowest BCUT2D eigenvalue weighted by atomic mass is 10.2. The summed E-state index contributed by atoms with van der Waals surface area (Å²) in [6.07, 6.45) is -6.09. The molecule has 3 nitrogen and oxygen atoms in total. The molecular weight excluding hydrogens is 216 g/mol. The molecular formula is C8H8F4N2O. The molecule has 0 radical (unpaired) electrons. The van der Waals surface area contributed by atoms with Crippen LogP contribution in [0.1, 0.15) is 5.56 Å². The van der Waals surface area contributed by atoms with Crippen LogP contribution in [0.4, 0.5) is 17.6 Å². The standard InChI is InChI=1S/C8H8F4N2O/c9-7(10)8(11,12)15-6-1-2-14-4-5(6)3-13/h1-2,4,7H,3,13H2. The van der Waals surface area contributed by atoms with E-state index in [-0.39, 0.29) is 12.1 Å². The number of rotatable bonds is 4. The van der Waals surface area contributed by atoms with E-state index in [2.05, 4.69) is 9.72 Å². The molecule has 0 atom stereocenters. The number of hydrogen-bond acceptors (Lipinski definition) is 3. The maximum absolute atomic E-state index is 12.5. The van der Waals surface area contributed by atoms with Gasteiger partial charge >= 0.3 is 12.5 Å². The van der Waals surface area contributed by atoms with Gasteiger partial charge in [0.15, 0.2) is 0 Å². The summed E-state index contributed by atoms with van der Waals surface area (Å²) < 4.78 is 52.5. The molecule has 1 aromatic heterocycles.